The highest BCUT2D eigenvalue weighted by Gasteiger charge is 2.27. The van der Waals surface area contributed by atoms with Crippen molar-refractivity contribution in [1.82, 2.24) is 0 Å². The van der Waals surface area contributed by atoms with E-state index in [1.807, 2.05) is 12.1 Å². The van der Waals surface area contributed by atoms with Gasteiger partial charge in [0, 0.05) is 10.0 Å². The van der Waals surface area contributed by atoms with Crippen LogP contribution in [0, 0.1) is 0 Å². The van der Waals surface area contributed by atoms with Crippen LogP contribution < -0.4 is 0 Å². The first kappa shape index (κ1) is 22.0. The third-order valence-corrected chi connectivity index (χ3v) is 10.4. The molecule has 0 unspecified atom stereocenters. The van der Waals surface area contributed by atoms with Gasteiger partial charge in [0.1, 0.15) is 0 Å². The van der Waals surface area contributed by atoms with E-state index >= 15 is 0 Å². The van der Waals surface area contributed by atoms with E-state index in [0.29, 0.717) is 0 Å². The van der Waals surface area contributed by atoms with Gasteiger partial charge in [0.25, 0.3) is 0 Å². The quantitative estimate of drug-likeness (QED) is 0.126. The number of benzene rings is 11. The highest BCUT2D eigenvalue weighted by atomic mass is 35.5. The van der Waals surface area contributed by atoms with Crippen molar-refractivity contribution in [3.8, 4) is 0 Å². The Morgan fingerprint density at radius 1 is 0.238 bits per heavy atom. The van der Waals surface area contributed by atoms with E-state index in [1.165, 1.54) is 108 Å². The molecule has 0 N–H and O–H groups in total. The van der Waals surface area contributed by atoms with E-state index in [9.17, 15) is 0 Å². The molecule has 0 spiro atoms. The first-order chi connectivity index (χ1) is 20.7. The monoisotopic (exact) mass is 568 g/mol. The summed E-state index contributed by atoms with van der Waals surface area (Å²) in [5.41, 5.74) is 0. The first-order valence-corrected chi connectivity index (χ1v) is 15.1. The second kappa shape index (κ2) is 7.23. The first-order valence-electron chi connectivity index (χ1n) is 14.3. The maximum absolute atomic E-state index is 6.70. The molecule has 0 fully saturated rings. The van der Waals surface area contributed by atoms with Gasteiger partial charge in [0.15, 0.2) is 0 Å². The molecule has 0 aliphatic heterocycles. The summed E-state index contributed by atoms with van der Waals surface area (Å²) < 4.78 is 0. The van der Waals surface area contributed by atoms with Crippen LogP contribution in [-0.2, 0) is 0 Å². The molecule has 0 aliphatic rings. The van der Waals surface area contributed by atoms with Crippen molar-refractivity contribution in [2.24, 2.45) is 0 Å². The smallest absolute Gasteiger partial charge is 0.0412 e. The Kier molecular flexibility index (Phi) is 3.79. The maximum atomic E-state index is 6.70. The Bertz CT molecular complexity index is 2770. The minimum Gasteiger partial charge on any atom is -0.0843 e. The summed E-state index contributed by atoms with van der Waals surface area (Å²) in [4.78, 5) is 0. The Balaban J connectivity index is 1.67. The van der Waals surface area contributed by atoms with Gasteiger partial charge in [-0.1, -0.05) is 108 Å². The Hall–Kier alpha value is -4.62. The fourth-order valence-electron chi connectivity index (χ4n) is 8.51. The molecule has 192 valence electrons. The molecular weight excluding hydrogens is 551 g/mol. The third kappa shape index (κ3) is 2.35. The Morgan fingerprint density at radius 3 is 0.929 bits per heavy atom. The molecule has 0 radical (unpaired) electrons. The van der Waals surface area contributed by atoms with Crippen molar-refractivity contribution in [2.75, 3.05) is 0 Å². The van der Waals surface area contributed by atoms with Crippen molar-refractivity contribution in [1.29, 1.82) is 0 Å². The van der Waals surface area contributed by atoms with Gasteiger partial charge >= 0.3 is 0 Å². The van der Waals surface area contributed by atoms with Crippen LogP contribution >= 0.6 is 23.2 Å². The fraction of sp³-hybridized carbons (Fsp3) is 0. The van der Waals surface area contributed by atoms with E-state index in [4.69, 9.17) is 23.2 Å². The molecule has 0 aliphatic carbocycles. The van der Waals surface area contributed by atoms with Crippen molar-refractivity contribution < 1.29 is 0 Å². The molecule has 0 saturated heterocycles. The number of hydrogen-bond donors (Lipinski definition) is 0. The van der Waals surface area contributed by atoms with Crippen LogP contribution in [0.15, 0.2) is 109 Å². The minimum atomic E-state index is 0.755. The summed E-state index contributed by atoms with van der Waals surface area (Å²) >= 11 is 13.4. The number of hydrogen-bond acceptors (Lipinski definition) is 0. The molecule has 0 atom stereocenters. The Morgan fingerprint density at radius 2 is 0.524 bits per heavy atom. The van der Waals surface area contributed by atoms with Gasteiger partial charge in [-0.15, -0.1) is 0 Å². The lowest BCUT2D eigenvalue weighted by Crippen LogP contribution is -1.97. The van der Waals surface area contributed by atoms with Crippen molar-refractivity contribution >= 4 is 131 Å². The van der Waals surface area contributed by atoms with E-state index in [0.717, 1.165) is 10.0 Å². The standard InChI is InChI=1S/C40H18Cl2/c41-19-9-11-27-31(17-19)29-15-13-25-21-5-1-3-7-23(21)33-24-8-4-2-6-22(24)26-14-16-30-32-18-20(42)10-12-28(32)34(27)40-37(29)35(25)39(33)36(26)38(30)40/h1-18H. The minimum absolute atomic E-state index is 0.755. The number of halogens is 2. The van der Waals surface area contributed by atoms with E-state index in [2.05, 4.69) is 97.1 Å². The highest BCUT2D eigenvalue weighted by Crippen LogP contribution is 2.56. The molecule has 0 nitrogen and oxygen atoms in total. The van der Waals surface area contributed by atoms with Gasteiger partial charge < -0.3 is 0 Å². The van der Waals surface area contributed by atoms with Crippen molar-refractivity contribution in [2.45, 2.75) is 0 Å². The van der Waals surface area contributed by atoms with E-state index in [1.54, 1.807) is 0 Å². The van der Waals surface area contributed by atoms with Crippen molar-refractivity contribution in [3.63, 3.8) is 0 Å². The van der Waals surface area contributed by atoms with Crippen LogP contribution in [0.2, 0.25) is 10.0 Å². The lowest BCUT2D eigenvalue weighted by atomic mass is 9.77. The summed E-state index contributed by atoms with van der Waals surface area (Å²) in [7, 11) is 0. The Labute approximate surface area is 249 Å². The molecule has 0 amide bonds. The largest absolute Gasteiger partial charge is 0.0843 e. The van der Waals surface area contributed by atoms with Gasteiger partial charge in [-0.25, -0.2) is 0 Å². The summed E-state index contributed by atoms with van der Waals surface area (Å²) in [6, 6.07) is 40.0. The van der Waals surface area contributed by atoms with Crippen molar-refractivity contribution in [3.05, 3.63) is 119 Å². The lowest BCUT2D eigenvalue weighted by molar-refractivity contribution is 1.79. The molecule has 11 rings (SSSR count). The molecule has 0 aromatic heterocycles. The molecule has 42 heavy (non-hydrogen) atoms. The van der Waals surface area contributed by atoms with Crippen LogP contribution in [0.5, 0.6) is 0 Å². The predicted octanol–water partition coefficient (Wildman–Crippen LogP) is 12.8. The van der Waals surface area contributed by atoms with E-state index in [-0.39, 0.29) is 0 Å². The second-order valence-electron chi connectivity index (χ2n) is 11.8. The average molecular weight is 569 g/mol. The van der Waals surface area contributed by atoms with Gasteiger partial charge in [-0.2, -0.15) is 0 Å². The van der Waals surface area contributed by atoms with Crippen LogP contribution in [0.4, 0.5) is 0 Å². The van der Waals surface area contributed by atoms with Gasteiger partial charge in [0.05, 0.1) is 0 Å². The molecule has 0 heterocycles. The average Bonchev–Trinajstić information content (AvgIpc) is 3.03. The summed E-state index contributed by atoms with van der Waals surface area (Å²) in [6.07, 6.45) is 0. The molecule has 0 bridgehead atoms. The van der Waals surface area contributed by atoms with Crippen LogP contribution in [0.1, 0.15) is 0 Å². The second-order valence-corrected chi connectivity index (χ2v) is 12.7. The molecule has 2 heteroatoms. The summed E-state index contributed by atoms with van der Waals surface area (Å²) in [5, 5.41) is 27.4. The third-order valence-electron chi connectivity index (χ3n) is 9.97. The SMILES string of the molecule is Clc1ccc2c(c1)c1ccc3c4ccccc4c4c5ccccc5c5ccc6c7cc(Cl)ccc7c2c2c1c3c4c5c62. The number of rotatable bonds is 0. The molecule has 11 aromatic carbocycles. The predicted molar refractivity (Wildman–Crippen MR) is 185 cm³/mol. The normalized spacial score (nSPS) is 13.0. The molecular formula is C40H18Cl2. The van der Waals surface area contributed by atoms with Gasteiger partial charge in [-0.3, -0.25) is 0 Å². The zero-order valence-corrected chi connectivity index (χ0v) is 23.7. The van der Waals surface area contributed by atoms with Gasteiger partial charge in [-0.05, 0) is 132 Å². The van der Waals surface area contributed by atoms with Gasteiger partial charge in [0.2, 0.25) is 0 Å². The zero-order chi connectivity index (χ0) is 27.4. The zero-order valence-electron chi connectivity index (χ0n) is 22.1. The maximum Gasteiger partial charge on any atom is 0.0412 e. The molecule has 0 saturated carbocycles. The van der Waals surface area contributed by atoms with Crippen LogP contribution in [-0.4, -0.2) is 0 Å². The summed E-state index contributed by atoms with van der Waals surface area (Å²) in [5.74, 6) is 0. The highest BCUT2D eigenvalue weighted by molar-refractivity contribution is 6.56. The lowest BCUT2D eigenvalue weighted by Gasteiger charge is -2.26. The summed E-state index contributed by atoms with van der Waals surface area (Å²) in [6.45, 7) is 0. The fourth-order valence-corrected chi connectivity index (χ4v) is 8.85. The van der Waals surface area contributed by atoms with Crippen LogP contribution in [0.25, 0.3) is 108 Å². The topological polar surface area (TPSA) is 0 Å². The van der Waals surface area contributed by atoms with Crippen LogP contribution in [0.3, 0.4) is 0 Å². The molecule has 11 aromatic rings. The number of fused-ring (bicyclic) bond motifs is 12. The van der Waals surface area contributed by atoms with E-state index < -0.39 is 0 Å².